The standard InChI is InChI=1S/C60H71N5O13S2/c1-7-42-20-19-23-50-54(42)56(67)55(57(68)63(50)6)58(69)64(43-21-13-11-14-22-43)33-35-77-37-39-78-38-36-76-34-31-61-53(66)26-17-12-18-32-65-49-30-28-45(80(73,74)75)41-47(49)60(4,5)52(65)25-16-10-8-9-15-24-51-59(2,3)46-40-44(79(70,71)72)27-29-48(46)62-51/h8-11,13-16,19-25,27-30,40-41,67H,7,12,17-18,26,31-39H2,1-6H3,(H,61,66)(H,70,71,72)(H,73,74,75)/b9-8+,16-10+,24-15+,52-25+. The molecular weight excluding hydrogens is 1060 g/mol. The molecule has 18 nitrogen and oxygen atoms in total. The molecule has 0 unspecified atom stereocenters. The largest absolute Gasteiger partial charge is 0.506 e. The molecule has 0 saturated heterocycles. The number of nitrogens with zero attached hydrogens (tertiary/aromatic N) is 4. The van der Waals surface area contributed by atoms with E-state index in [1.165, 1.54) is 33.7 Å². The van der Waals surface area contributed by atoms with Crippen molar-refractivity contribution >= 4 is 65.7 Å². The lowest BCUT2D eigenvalue weighted by Gasteiger charge is -2.27. The molecule has 2 aliphatic rings. The van der Waals surface area contributed by atoms with Crippen molar-refractivity contribution in [1.82, 2.24) is 9.88 Å². The molecule has 3 heterocycles. The van der Waals surface area contributed by atoms with Crippen LogP contribution in [0, 0.1) is 0 Å². The molecule has 0 spiro atoms. The van der Waals surface area contributed by atoms with Crippen LogP contribution in [0.2, 0.25) is 0 Å². The molecule has 0 saturated carbocycles. The van der Waals surface area contributed by atoms with E-state index in [2.05, 4.69) is 15.2 Å². The minimum Gasteiger partial charge on any atom is -0.506 e. The number of benzene rings is 4. The summed E-state index contributed by atoms with van der Waals surface area (Å²) in [5.74, 6) is -1.05. The minimum atomic E-state index is -4.44. The molecule has 80 heavy (non-hydrogen) atoms. The van der Waals surface area contributed by atoms with Gasteiger partial charge in [0, 0.05) is 66.4 Å². The molecule has 0 fully saturated rings. The zero-order valence-corrected chi connectivity index (χ0v) is 47.7. The van der Waals surface area contributed by atoms with Crippen LogP contribution in [0.1, 0.15) is 87.4 Å². The molecule has 1 aromatic heterocycles. The molecule has 0 radical (unpaired) electrons. The maximum absolute atomic E-state index is 14.0. The van der Waals surface area contributed by atoms with E-state index >= 15 is 0 Å². The van der Waals surface area contributed by atoms with Gasteiger partial charge in [-0.05, 0) is 103 Å². The number of nitrogens with one attached hydrogen (secondary N) is 1. The summed E-state index contributed by atoms with van der Waals surface area (Å²) in [6.07, 6.45) is 16.2. The van der Waals surface area contributed by atoms with Crippen LogP contribution in [0.5, 0.6) is 5.75 Å². The Labute approximate surface area is 468 Å². The number of carbonyl (C=O) groups excluding carboxylic acids is 2. The number of rotatable bonds is 27. The normalized spacial score (nSPS) is 15.4. The predicted octanol–water partition coefficient (Wildman–Crippen LogP) is 9.09. The molecule has 2 amide bonds. The average Bonchev–Trinajstić information content (AvgIpc) is 3.97. The topological polar surface area (TPSA) is 244 Å². The number of fused-ring (bicyclic) bond motifs is 3. The molecule has 426 valence electrons. The average molecular weight is 1130 g/mol. The first-order valence-corrected chi connectivity index (χ1v) is 29.5. The summed E-state index contributed by atoms with van der Waals surface area (Å²) in [6.45, 7) is 12.5. The van der Waals surface area contributed by atoms with Crippen molar-refractivity contribution in [3.8, 4) is 5.75 Å². The van der Waals surface area contributed by atoms with Gasteiger partial charge in [-0.3, -0.25) is 28.5 Å². The molecular formula is C60H71N5O13S2. The van der Waals surface area contributed by atoms with Crippen molar-refractivity contribution in [3.05, 3.63) is 166 Å². The summed E-state index contributed by atoms with van der Waals surface area (Å²) in [6, 6.07) is 23.3. The summed E-state index contributed by atoms with van der Waals surface area (Å²) in [5.41, 5.74) is 4.40. The van der Waals surface area contributed by atoms with Crippen molar-refractivity contribution < 1.29 is 54.8 Å². The number of ether oxygens (including phenoxy) is 3. The van der Waals surface area contributed by atoms with Gasteiger partial charge in [-0.25, -0.2) is 0 Å². The number of amides is 2. The summed E-state index contributed by atoms with van der Waals surface area (Å²) in [7, 11) is -7.20. The van der Waals surface area contributed by atoms with E-state index in [0.717, 1.165) is 41.1 Å². The van der Waals surface area contributed by atoms with Crippen LogP contribution in [0.3, 0.4) is 0 Å². The smallest absolute Gasteiger partial charge is 0.294 e. The minimum absolute atomic E-state index is 0.0880. The van der Waals surface area contributed by atoms with Crippen LogP contribution in [-0.2, 0) is 63.5 Å². The number of aromatic nitrogens is 1. The van der Waals surface area contributed by atoms with Crippen molar-refractivity contribution in [2.45, 2.75) is 87.3 Å². The predicted molar refractivity (Wildman–Crippen MR) is 311 cm³/mol. The second kappa shape index (κ2) is 26.5. The Hall–Kier alpha value is -7.04. The Morgan fingerprint density at radius 3 is 2.06 bits per heavy atom. The highest BCUT2D eigenvalue weighted by Crippen LogP contribution is 2.49. The maximum atomic E-state index is 14.0. The van der Waals surface area contributed by atoms with Crippen LogP contribution in [0.15, 0.2) is 153 Å². The highest BCUT2D eigenvalue weighted by molar-refractivity contribution is 7.86. The van der Waals surface area contributed by atoms with Gasteiger partial charge >= 0.3 is 0 Å². The van der Waals surface area contributed by atoms with Crippen molar-refractivity contribution in [1.29, 1.82) is 0 Å². The van der Waals surface area contributed by atoms with Gasteiger partial charge in [0.1, 0.15) is 11.3 Å². The highest BCUT2D eigenvalue weighted by Gasteiger charge is 2.40. The van der Waals surface area contributed by atoms with Gasteiger partial charge in [0.05, 0.1) is 66.3 Å². The van der Waals surface area contributed by atoms with Gasteiger partial charge in [0.25, 0.3) is 31.7 Å². The van der Waals surface area contributed by atoms with Gasteiger partial charge in [-0.15, -0.1) is 0 Å². The Balaban J connectivity index is 0.805. The van der Waals surface area contributed by atoms with Gasteiger partial charge in [-0.1, -0.05) is 102 Å². The SMILES string of the molecule is CCc1cccc2c1c(O)c(C(=O)N(CCOCCOCCOCCNC(=O)CCCCCN1/C(=C/C=C/C=C/C=C/C3=Nc4ccc(S(=O)(=O)O)cc4C3(C)C)C(C)(C)c3cc(S(=O)(=O)O)ccc31)c1ccccc1)c(=O)n2C. The Morgan fingerprint density at radius 1 is 0.738 bits per heavy atom. The van der Waals surface area contributed by atoms with Crippen LogP contribution in [0.25, 0.3) is 10.9 Å². The molecule has 0 atom stereocenters. The number of para-hydroxylation sites is 1. The third kappa shape index (κ3) is 14.3. The molecule has 0 aliphatic carbocycles. The van der Waals surface area contributed by atoms with Crippen molar-refractivity contribution in [3.63, 3.8) is 0 Å². The van der Waals surface area contributed by atoms with Crippen LogP contribution in [0.4, 0.5) is 17.1 Å². The zero-order chi connectivity index (χ0) is 57.8. The Morgan fingerprint density at radius 2 is 1.38 bits per heavy atom. The van der Waals surface area contributed by atoms with Gasteiger partial charge in [0.2, 0.25) is 5.91 Å². The first-order chi connectivity index (χ1) is 38.1. The van der Waals surface area contributed by atoms with E-state index in [4.69, 9.17) is 14.2 Å². The monoisotopic (exact) mass is 1130 g/mol. The second-order valence-corrected chi connectivity index (χ2v) is 23.3. The van der Waals surface area contributed by atoms with Crippen LogP contribution < -0.4 is 20.7 Å². The third-order valence-electron chi connectivity index (χ3n) is 14.4. The van der Waals surface area contributed by atoms with Crippen molar-refractivity contribution in [2.75, 3.05) is 69.1 Å². The zero-order valence-electron chi connectivity index (χ0n) is 46.1. The molecule has 4 aromatic carbocycles. The quantitative estimate of drug-likeness (QED) is 0.0218. The molecule has 20 heteroatoms. The number of aliphatic imine (C=N–C) groups is 1. The Kier molecular flexibility index (Phi) is 20.1. The highest BCUT2D eigenvalue weighted by atomic mass is 32.2. The number of aromatic hydroxyl groups is 1. The van der Waals surface area contributed by atoms with Gasteiger partial charge < -0.3 is 39.0 Å². The lowest BCUT2D eigenvalue weighted by molar-refractivity contribution is -0.121. The van der Waals surface area contributed by atoms with Gasteiger partial charge in [-0.2, -0.15) is 16.8 Å². The number of hydrogen-bond acceptors (Lipinski definition) is 13. The number of unbranched alkanes of at least 4 members (excludes halogenated alkanes) is 2. The molecule has 7 rings (SSSR count). The second-order valence-electron chi connectivity index (χ2n) is 20.4. The number of aryl methyl sites for hydroxylation is 2. The fourth-order valence-corrected chi connectivity index (χ4v) is 11.0. The lowest BCUT2D eigenvalue weighted by Crippen LogP contribution is -2.38. The number of anilines is 2. The maximum Gasteiger partial charge on any atom is 0.294 e. The summed E-state index contributed by atoms with van der Waals surface area (Å²) < 4.78 is 85.6. The van der Waals surface area contributed by atoms with E-state index in [-0.39, 0.29) is 53.4 Å². The lowest BCUT2D eigenvalue weighted by atomic mass is 9.81. The number of pyridine rings is 1. The first-order valence-electron chi connectivity index (χ1n) is 26.6. The van der Waals surface area contributed by atoms with E-state index in [1.54, 1.807) is 49.5 Å². The first kappa shape index (κ1) is 60.6. The third-order valence-corrected chi connectivity index (χ3v) is 16.1. The van der Waals surface area contributed by atoms with Crippen LogP contribution >= 0.6 is 0 Å². The van der Waals surface area contributed by atoms with E-state index < -0.39 is 42.5 Å². The van der Waals surface area contributed by atoms with Crippen LogP contribution in [-0.4, -0.2) is 112 Å². The number of hydrogen-bond donors (Lipinski definition) is 4. The van der Waals surface area contributed by atoms with E-state index in [9.17, 15) is 45.4 Å². The van der Waals surface area contributed by atoms with E-state index in [1.807, 2.05) is 95.3 Å². The van der Waals surface area contributed by atoms with Crippen molar-refractivity contribution in [2.24, 2.45) is 12.0 Å². The fourth-order valence-electron chi connectivity index (χ4n) is 9.97. The number of allylic oxidation sites excluding steroid dienone is 8. The molecule has 0 bridgehead atoms. The Bertz CT molecular complexity index is 3530. The van der Waals surface area contributed by atoms with Gasteiger partial charge in [0.15, 0.2) is 0 Å². The summed E-state index contributed by atoms with van der Waals surface area (Å²) in [5, 5.41) is 14.7. The fraction of sp³-hybridized carbons (Fsp3) is 0.367. The summed E-state index contributed by atoms with van der Waals surface area (Å²) in [4.78, 5) is 48.1. The number of carbonyl (C=O) groups is 2. The summed E-state index contributed by atoms with van der Waals surface area (Å²) >= 11 is 0. The van der Waals surface area contributed by atoms with E-state index in [0.29, 0.717) is 80.0 Å². The molecule has 2 aliphatic heterocycles. The molecule has 4 N–H and O–H groups in total. The molecule has 5 aromatic rings.